The summed E-state index contributed by atoms with van der Waals surface area (Å²) in [5.74, 6) is -0.354. The van der Waals surface area contributed by atoms with Crippen LogP contribution >= 0.6 is 0 Å². The third kappa shape index (κ3) is 5.31. The molecule has 0 unspecified atom stereocenters. The molecule has 0 aliphatic heterocycles. The van der Waals surface area contributed by atoms with Crippen LogP contribution in [0.2, 0.25) is 0 Å². The summed E-state index contributed by atoms with van der Waals surface area (Å²) in [5, 5.41) is 2.74. The smallest absolute Gasteiger partial charge is 0.258 e. The number of carbonyl (C=O) groups excluding carboxylic acids is 2. The monoisotopic (exact) mass is 358 g/mol. The molecule has 0 saturated heterocycles. The maximum Gasteiger partial charge on any atom is 0.258 e. The highest BCUT2D eigenvalue weighted by atomic mass is 19.1. The van der Waals surface area contributed by atoms with Crippen LogP contribution in [0.5, 0.6) is 5.75 Å². The number of rotatable bonds is 8. The zero-order chi connectivity index (χ0) is 18.9. The van der Waals surface area contributed by atoms with Gasteiger partial charge in [-0.05, 0) is 43.7 Å². The second kappa shape index (κ2) is 9.56. The molecule has 2 rings (SSSR count). The molecule has 5 nitrogen and oxygen atoms in total. The Bertz CT molecular complexity index is 747. The first-order valence-corrected chi connectivity index (χ1v) is 8.57. The van der Waals surface area contributed by atoms with Crippen molar-refractivity contribution in [3.8, 4) is 5.75 Å². The standard InChI is InChI=1S/C20H23FN2O3/c1-3-23(20(25)17-7-5-6-8-18(17)26-4-2)14-19(24)22-13-15-9-11-16(21)12-10-15/h5-12H,3-4,13-14H2,1-2H3,(H,22,24). The molecule has 0 bridgehead atoms. The summed E-state index contributed by atoms with van der Waals surface area (Å²) in [7, 11) is 0. The second-order valence-corrected chi connectivity index (χ2v) is 5.65. The van der Waals surface area contributed by atoms with Crippen LogP contribution in [0.15, 0.2) is 48.5 Å². The van der Waals surface area contributed by atoms with Crippen LogP contribution in [0.3, 0.4) is 0 Å². The molecule has 0 aliphatic rings. The zero-order valence-corrected chi connectivity index (χ0v) is 15.0. The number of likely N-dealkylation sites (N-methyl/N-ethyl adjacent to an activating group) is 1. The van der Waals surface area contributed by atoms with Crippen LogP contribution < -0.4 is 10.1 Å². The van der Waals surface area contributed by atoms with Crippen molar-refractivity contribution >= 4 is 11.8 Å². The lowest BCUT2D eigenvalue weighted by Gasteiger charge is -2.21. The number of amides is 2. The van der Waals surface area contributed by atoms with Crippen molar-refractivity contribution in [3.05, 3.63) is 65.5 Å². The Balaban J connectivity index is 1.98. The van der Waals surface area contributed by atoms with E-state index in [0.29, 0.717) is 24.5 Å². The van der Waals surface area contributed by atoms with Crippen molar-refractivity contribution < 1.29 is 18.7 Å². The lowest BCUT2D eigenvalue weighted by atomic mass is 10.1. The van der Waals surface area contributed by atoms with Crippen LogP contribution in [-0.4, -0.2) is 36.4 Å². The maximum atomic E-state index is 12.9. The lowest BCUT2D eigenvalue weighted by Crippen LogP contribution is -2.40. The van der Waals surface area contributed by atoms with E-state index in [4.69, 9.17) is 4.74 Å². The van der Waals surface area contributed by atoms with Gasteiger partial charge in [0.15, 0.2) is 0 Å². The number of para-hydroxylation sites is 1. The fraction of sp³-hybridized carbons (Fsp3) is 0.300. The summed E-state index contributed by atoms with van der Waals surface area (Å²) >= 11 is 0. The summed E-state index contributed by atoms with van der Waals surface area (Å²) in [4.78, 5) is 26.4. The van der Waals surface area contributed by atoms with Crippen molar-refractivity contribution in [1.29, 1.82) is 0 Å². The molecule has 0 spiro atoms. The van der Waals surface area contributed by atoms with Gasteiger partial charge < -0.3 is 15.0 Å². The highest BCUT2D eigenvalue weighted by molar-refractivity contribution is 5.98. The highest BCUT2D eigenvalue weighted by Crippen LogP contribution is 2.19. The molecule has 0 radical (unpaired) electrons. The Morgan fingerprint density at radius 1 is 1.08 bits per heavy atom. The summed E-state index contributed by atoms with van der Waals surface area (Å²) in [6.45, 7) is 4.73. The largest absolute Gasteiger partial charge is 0.493 e. The highest BCUT2D eigenvalue weighted by Gasteiger charge is 2.20. The number of nitrogens with zero attached hydrogens (tertiary/aromatic N) is 1. The van der Waals surface area contributed by atoms with Gasteiger partial charge in [0.1, 0.15) is 11.6 Å². The predicted octanol–water partition coefficient (Wildman–Crippen LogP) is 3.00. The van der Waals surface area contributed by atoms with Crippen LogP contribution in [0.1, 0.15) is 29.8 Å². The topological polar surface area (TPSA) is 58.6 Å². The first-order valence-electron chi connectivity index (χ1n) is 8.57. The van der Waals surface area contributed by atoms with E-state index in [2.05, 4.69) is 5.32 Å². The Labute approximate surface area is 152 Å². The van der Waals surface area contributed by atoms with Crippen LogP contribution in [0.25, 0.3) is 0 Å². The van der Waals surface area contributed by atoms with Crippen LogP contribution in [0.4, 0.5) is 4.39 Å². The Hall–Kier alpha value is -2.89. The quantitative estimate of drug-likeness (QED) is 0.789. The Kier molecular flexibility index (Phi) is 7.14. The predicted molar refractivity (Wildman–Crippen MR) is 97.4 cm³/mol. The normalized spacial score (nSPS) is 10.3. The molecule has 1 N–H and O–H groups in total. The van der Waals surface area contributed by atoms with Gasteiger partial charge in [-0.1, -0.05) is 24.3 Å². The summed E-state index contributed by atoms with van der Waals surface area (Å²) in [6, 6.07) is 12.9. The molecule has 0 atom stereocenters. The van der Waals surface area contributed by atoms with E-state index in [-0.39, 0.29) is 30.7 Å². The number of benzene rings is 2. The fourth-order valence-electron chi connectivity index (χ4n) is 2.45. The van der Waals surface area contributed by atoms with Crippen LogP contribution in [-0.2, 0) is 11.3 Å². The molecule has 26 heavy (non-hydrogen) atoms. The van der Waals surface area contributed by atoms with Crippen molar-refractivity contribution in [3.63, 3.8) is 0 Å². The molecule has 0 aromatic heterocycles. The minimum absolute atomic E-state index is 0.0585. The van der Waals surface area contributed by atoms with Crippen molar-refractivity contribution in [2.24, 2.45) is 0 Å². The third-order valence-corrected chi connectivity index (χ3v) is 3.82. The minimum atomic E-state index is -0.323. The van der Waals surface area contributed by atoms with Crippen molar-refractivity contribution in [2.75, 3.05) is 19.7 Å². The van der Waals surface area contributed by atoms with E-state index in [1.54, 1.807) is 36.4 Å². The minimum Gasteiger partial charge on any atom is -0.493 e. The van der Waals surface area contributed by atoms with Gasteiger partial charge in [-0.3, -0.25) is 9.59 Å². The van der Waals surface area contributed by atoms with Gasteiger partial charge >= 0.3 is 0 Å². The molecule has 2 aromatic carbocycles. The van der Waals surface area contributed by atoms with E-state index in [9.17, 15) is 14.0 Å². The van der Waals surface area contributed by atoms with Gasteiger partial charge in [-0.2, -0.15) is 0 Å². The first kappa shape index (κ1) is 19.4. The fourth-order valence-corrected chi connectivity index (χ4v) is 2.45. The number of hydrogen-bond donors (Lipinski definition) is 1. The molecular formula is C20H23FN2O3. The molecule has 138 valence electrons. The van der Waals surface area contributed by atoms with Gasteiger partial charge in [0.05, 0.1) is 18.7 Å². The van der Waals surface area contributed by atoms with Crippen LogP contribution in [0, 0.1) is 5.82 Å². The number of halogens is 1. The molecule has 0 saturated carbocycles. The van der Waals surface area contributed by atoms with E-state index < -0.39 is 0 Å². The van der Waals surface area contributed by atoms with E-state index in [1.165, 1.54) is 17.0 Å². The number of nitrogens with one attached hydrogen (secondary N) is 1. The number of hydrogen-bond acceptors (Lipinski definition) is 3. The summed E-state index contributed by atoms with van der Waals surface area (Å²) < 4.78 is 18.4. The van der Waals surface area contributed by atoms with Gasteiger partial charge in [0.2, 0.25) is 5.91 Å². The first-order chi connectivity index (χ1) is 12.5. The van der Waals surface area contributed by atoms with E-state index in [1.807, 2.05) is 13.8 Å². The molecule has 0 fully saturated rings. The maximum absolute atomic E-state index is 12.9. The molecule has 2 amide bonds. The Morgan fingerprint density at radius 2 is 1.77 bits per heavy atom. The average molecular weight is 358 g/mol. The van der Waals surface area contributed by atoms with Gasteiger partial charge in [0.25, 0.3) is 5.91 Å². The lowest BCUT2D eigenvalue weighted by molar-refractivity contribution is -0.121. The molecule has 6 heteroatoms. The van der Waals surface area contributed by atoms with Gasteiger partial charge in [-0.15, -0.1) is 0 Å². The third-order valence-electron chi connectivity index (χ3n) is 3.82. The molecule has 0 heterocycles. The van der Waals surface area contributed by atoms with Crippen molar-refractivity contribution in [2.45, 2.75) is 20.4 Å². The van der Waals surface area contributed by atoms with E-state index in [0.717, 1.165) is 5.56 Å². The molecule has 2 aromatic rings. The SMILES string of the molecule is CCOc1ccccc1C(=O)N(CC)CC(=O)NCc1ccc(F)cc1. The molecule has 0 aliphatic carbocycles. The summed E-state index contributed by atoms with van der Waals surface area (Å²) in [6.07, 6.45) is 0. The van der Waals surface area contributed by atoms with Gasteiger partial charge in [-0.25, -0.2) is 4.39 Å². The Morgan fingerprint density at radius 3 is 2.42 bits per heavy atom. The van der Waals surface area contributed by atoms with E-state index >= 15 is 0 Å². The average Bonchev–Trinajstić information content (AvgIpc) is 2.66. The number of ether oxygens (including phenoxy) is 1. The van der Waals surface area contributed by atoms with Gasteiger partial charge in [0, 0.05) is 13.1 Å². The summed E-state index contributed by atoms with van der Waals surface area (Å²) in [5.41, 5.74) is 1.22. The second-order valence-electron chi connectivity index (χ2n) is 5.65. The number of carbonyl (C=O) groups is 2. The van der Waals surface area contributed by atoms with Crippen molar-refractivity contribution in [1.82, 2.24) is 10.2 Å². The zero-order valence-electron chi connectivity index (χ0n) is 15.0. The molecular weight excluding hydrogens is 335 g/mol.